The molecule has 1 unspecified atom stereocenters. The average Bonchev–Trinajstić information content (AvgIpc) is 2.55. The molecule has 2 N–H and O–H groups in total. The zero-order valence-electron chi connectivity index (χ0n) is 12.7. The van der Waals surface area contributed by atoms with Crippen LogP contribution in [0.15, 0.2) is 48.7 Å². The van der Waals surface area contributed by atoms with Gasteiger partial charge < -0.3 is 15.0 Å². The van der Waals surface area contributed by atoms with Crippen molar-refractivity contribution < 1.29 is 14.3 Å². The van der Waals surface area contributed by atoms with Gasteiger partial charge in [-0.1, -0.05) is 42.5 Å². The second-order valence-electron chi connectivity index (χ2n) is 4.88. The molecule has 1 amide bonds. The summed E-state index contributed by atoms with van der Waals surface area (Å²) in [5.41, 5.74) is 1.26. The Labute approximate surface area is 139 Å². The third-order valence-corrected chi connectivity index (χ3v) is 3.56. The number of aromatic amines is 1. The standard InChI is InChI=1S/C17H18N2O3S/c1-2-22-17(21)14(11-12-7-4-3-5-8-12)19-15(20)13-9-6-10-18-16(13)23/h3-10,14H,2,11H2,1H3,(H,18,23)(H,19,20). The van der Waals surface area contributed by atoms with E-state index in [1.54, 1.807) is 25.3 Å². The van der Waals surface area contributed by atoms with E-state index in [1.807, 2.05) is 30.3 Å². The predicted molar refractivity (Wildman–Crippen MR) is 89.7 cm³/mol. The highest BCUT2D eigenvalue weighted by Gasteiger charge is 2.23. The van der Waals surface area contributed by atoms with Crippen molar-refractivity contribution in [3.8, 4) is 0 Å². The summed E-state index contributed by atoms with van der Waals surface area (Å²) in [6.45, 7) is 1.98. The largest absolute Gasteiger partial charge is 0.464 e. The number of carbonyl (C=O) groups excluding carboxylic acids is 2. The Morgan fingerprint density at radius 3 is 2.61 bits per heavy atom. The number of pyridine rings is 1. The fraction of sp³-hybridized carbons (Fsp3) is 0.235. The molecule has 0 saturated carbocycles. The van der Waals surface area contributed by atoms with Gasteiger partial charge in [0.2, 0.25) is 0 Å². The van der Waals surface area contributed by atoms with E-state index in [1.165, 1.54) is 0 Å². The van der Waals surface area contributed by atoms with Crippen molar-refractivity contribution in [2.45, 2.75) is 19.4 Å². The molecule has 0 spiro atoms. The van der Waals surface area contributed by atoms with Crippen LogP contribution >= 0.6 is 12.2 Å². The first-order chi connectivity index (χ1) is 11.1. The van der Waals surface area contributed by atoms with Crippen LogP contribution in [-0.2, 0) is 16.0 Å². The minimum absolute atomic E-state index is 0.255. The number of hydrogen-bond donors (Lipinski definition) is 2. The SMILES string of the molecule is CCOC(=O)C(Cc1ccccc1)NC(=O)c1ccc[nH]c1=S. The number of carbonyl (C=O) groups is 2. The van der Waals surface area contributed by atoms with E-state index in [-0.39, 0.29) is 6.61 Å². The Balaban J connectivity index is 2.17. The molecule has 0 bridgehead atoms. The third-order valence-electron chi connectivity index (χ3n) is 3.22. The van der Waals surface area contributed by atoms with E-state index in [0.29, 0.717) is 16.6 Å². The fourth-order valence-electron chi connectivity index (χ4n) is 2.12. The van der Waals surface area contributed by atoms with E-state index in [9.17, 15) is 9.59 Å². The molecule has 0 fully saturated rings. The third kappa shape index (κ3) is 4.75. The number of benzene rings is 1. The van der Waals surface area contributed by atoms with Crippen LogP contribution in [0.3, 0.4) is 0 Å². The van der Waals surface area contributed by atoms with E-state index in [4.69, 9.17) is 17.0 Å². The molecule has 120 valence electrons. The maximum atomic E-state index is 12.4. The van der Waals surface area contributed by atoms with Crippen molar-refractivity contribution in [1.29, 1.82) is 0 Å². The summed E-state index contributed by atoms with van der Waals surface area (Å²) in [6.07, 6.45) is 2.00. The summed E-state index contributed by atoms with van der Waals surface area (Å²) in [5.74, 6) is -0.864. The van der Waals surface area contributed by atoms with Crippen LogP contribution in [-0.4, -0.2) is 29.5 Å². The summed E-state index contributed by atoms with van der Waals surface area (Å²) in [5, 5.41) is 2.71. The Bertz CT molecular complexity index is 728. The van der Waals surface area contributed by atoms with Gasteiger partial charge in [0.25, 0.3) is 5.91 Å². The van der Waals surface area contributed by atoms with Gasteiger partial charge in [0.15, 0.2) is 0 Å². The van der Waals surface area contributed by atoms with E-state index < -0.39 is 17.9 Å². The molecule has 0 aliphatic heterocycles. The van der Waals surface area contributed by atoms with Gasteiger partial charge in [0, 0.05) is 12.6 Å². The van der Waals surface area contributed by atoms with Crippen LogP contribution in [0.4, 0.5) is 0 Å². The number of rotatable bonds is 6. The molecule has 1 atom stereocenters. The lowest BCUT2D eigenvalue weighted by atomic mass is 10.1. The maximum absolute atomic E-state index is 12.4. The van der Waals surface area contributed by atoms with Crippen molar-refractivity contribution in [2.24, 2.45) is 0 Å². The molecule has 0 radical (unpaired) electrons. The summed E-state index contributed by atoms with van der Waals surface area (Å²) < 4.78 is 5.38. The quantitative estimate of drug-likeness (QED) is 0.631. The van der Waals surface area contributed by atoms with Crippen molar-refractivity contribution in [3.63, 3.8) is 0 Å². The first-order valence-corrected chi connectivity index (χ1v) is 7.71. The molecule has 0 saturated heterocycles. The van der Waals surface area contributed by atoms with Crippen LogP contribution in [0.2, 0.25) is 0 Å². The first kappa shape index (κ1) is 16.9. The van der Waals surface area contributed by atoms with Crippen LogP contribution in [0.5, 0.6) is 0 Å². The fourth-order valence-corrected chi connectivity index (χ4v) is 2.35. The molecule has 2 aromatic rings. The van der Waals surface area contributed by atoms with E-state index >= 15 is 0 Å². The lowest BCUT2D eigenvalue weighted by Gasteiger charge is -2.17. The Morgan fingerprint density at radius 1 is 1.22 bits per heavy atom. The van der Waals surface area contributed by atoms with Gasteiger partial charge in [0.1, 0.15) is 10.7 Å². The van der Waals surface area contributed by atoms with Gasteiger partial charge in [0.05, 0.1) is 12.2 Å². The molecule has 0 aliphatic carbocycles. The zero-order chi connectivity index (χ0) is 16.7. The molecule has 1 aromatic heterocycles. The van der Waals surface area contributed by atoms with E-state index in [2.05, 4.69) is 10.3 Å². The van der Waals surface area contributed by atoms with Crippen molar-refractivity contribution in [1.82, 2.24) is 10.3 Å². The minimum Gasteiger partial charge on any atom is -0.464 e. The molecule has 6 heteroatoms. The van der Waals surface area contributed by atoms with Gasteiger partial charge in [-0.2, -0.15) is 0 Å². The normalized spacial score (nSPS) is 11.5. The number of aromatic nitrogens is 1. The lowest BCUT2D eigenvalue weighted by molar-refractivity contribution is -0.145. The van der Waals surface area contributed by atoms with Crippen LogP contribution < -0.4 is 5.32 Å². The average molecular weight is 330 g/mol. The van der Waals surface area contributed by atoms with Gasteiger partial charge in [-0.05, 0) is 24.6 Å². The number of amides is 1. The minimum atomic E-state index is -0.764. The molecule has 2 rings (SSSR count). The molecule has 1 heterocycles. The van der Waals surface area contributed by atoms with Crippen molar-refractivity contribution in [3.05, 3.63) is 64.4 Å². The lowest BCUT2D eigenvalue weighted by Crippen LogP contribution is -2.43. The van der Waals surface area contributed by atoms with Gasteiger partial charge in [-0.15, -0.1) is 0 Å². The van der Waals surface area contributed by atoms with Crippen LogP contribution in [0.1, 0.15) is 22.8 Å². The van der Waals surface area contributed by atoms with Crippen LogP contribution in [0.25, 0.3) is 0 Å². The number of esters is 1. The topological polar surface area (TPSA) is 71.2 Å². The molecular weight excluding hydrogens is 312 g/mol. The van der Waals surface area contributed by atoms with Gasteiger partial charge >= 0.3 is 5.97 Å². The summed E-state index contributed by atoms with van der Waals surface area (Å²) in [4.78, 5) is 27.3. The molecule has 0 aliphatic rings. The number of H-pyrrole nitrogens is 1. The maximum Gasteiger partial charge on any atom is 0.328 e. The van der Waals surface area contributed by atoms with Crippen molar-refractivity contribution in [2.75, 3.05) is 6.61 Å². The number of nitrogens with one attached hydrogen (secondary N) is 2. The highest BCUT2D eigenvalue weighted by Crippen LogP contribution is 2.07. The number of ether oxygens (including phenoxy) is 1. The molecule has 5 nitrogen and oxygen atoms in total. The van der Waals surface area contributed by atoms with Gasteiger partial charge in [-0.3, -0.25) is 4.79 Å². The highest BCUT2D eigenvalue weighted by atomic mass is 32.1. The zero-order valence-corrected chi connectivity index (χ0v) is 13.6. The smallest absolute Gasteiger partial charge is 0.328 e. The highest BCUT2D eigenvalue weighted by molar-refractivity contribution is 7.71. The monoisotopic (exact) mass is 330 g/mol. The van der Waals surface area contributed by atoms with E-state index in [0.717, 1.165) is 5.56 Å². The second kappa shape index (κ2) is 8.24. The predicted octanol–water partition coefficient (Wildman–Crippen LogP) is 2.65. The second-order valence-corrected chi connectivity index (χ2v) is 5.29. The first-order valence-electron chi connectivity index (χ1n) is 7.31. The van der Waals surface area contributed by atoms with Crippen molar-refractivity contribution >= 4 is 24.1 Å². The molecule has 23 heavy (non-hydrogen) atoms. The summed E-state index contributed by atoms with van der Waals surface area (Å²) >= 11 is 5.10. The molecule has 1 aromatic carbocycles. The van der Waals surface area contributed by atoms with Crippen LogP contribution in [0, 0.1) is 4.64 Å². The summed E-state index contributed by atoms with van der Waals surface area (Å²) in [7, 11) is 0. The molecular formula is C17H18N2O3S. The summed E-state index contributed by atoms with van der Waals surface area (Å²) in [6, 6.07) is 12.0. The Morgan fingerprint density at radius 2 is 1.96 bits per heavy atom. The Hall–Kier alpha value is -2.47. The number of hydrogen-bond acceptors (Lipinski definition) is 4. The van der Waals surface area contributed by atoms with Gasteiger partial charge in [-0.25, -0.2) is 4.79 Å². The Kier molecular flexibility index (Phi) is 6.05.